The fourth-order valence-electron chi connectivity index (χ4n) is 2.05. The van der Waals surface area contributed by atoms with Crippen molar-refractivity contribution in [2.75, 3.05) is 6.26 Å². The Kier molecular flexibility index (Phi) is 4.02. The summed E-state index contributed by atoms with van der Waals surface area (Å²) < 4.78 is 23.1. The second kappa shape index (κ2) is 5.41. The molecule has 1 aliphatic heterocycles. The Morgan fingerprint density at radius 2 is 2.00 bits per heavy atom. The first kappa shape index (κ1) is 17.1. The lowest BCUT2D eigenvalue weighted by Gasteiger charge is -2.21. The molecule has 0 aromatic carbocycles. The average molecular weight is 339 g/mol. The molecule has 124 valence electrons. The number of amides is 1. The number of hydrogen-bond acceptors (Lipinski definition) is 6. The number of nitrogens with one attached hydrogen (secondary N) is 1. The normalized spacial score (nSPS) is 21.3. The molecule has 1 aromatic rings. The molecule has 1 aliphatic rings. The quantitative estimate of drug-likeness (QED) is 0.821. The molecule has 8 nitrogen and oxygen atoms in total. The molecule has 1 unspecified atom stereocenters. The second-order valence-electron chi connectivity index (χ2n) is 5.86. The predicted molar refractivity (Wildman–Crippen MR) is 82.2 cm³/mol. The van der Waals surface area contributed by atoms with Crippen molar-refractivity contribution in [1.82, 2.24) is 10.3 Å². The monoisotopic (exact) mass is 339 g/mol. The number of aromatic carboxylic acids is 1. The van der Waals surface area contributed by atoms with E-state index in [2.05, 4.69) is 15.3 Å². The summed E-state index contributed by atoms with van der Waals surface area (Å²) in [7, 11) is -3.60. The summed E-state index contributed by atoms with van der Waals surface area (Å²) in [6, 6.07) is 1.01. The molecule has 23 heavy (non-hydrogen) atoms. The Hall–Kier alpha value is -2.29. The highest BCUT2D eigenvalue weighted by Crippen LogP contribution is 2.27. The van der Waals surface area contributed by atoms with E-state index in [1.807, 2.05) is 13.8 Å². The van der Waals surface area contributed by atoms with Crippen LogP contribution in [0.25, 0.3) is 0 Å². The van der Waals surface area contributed by atoms with E-state index in [4.69, 9.17) is 0 Å². The summed E-state index contributed by atoms with van der Waals surface area (Å²) in [4.78, 5) is 31.5. The number of aliphatic imine (C=N–C) groups is 1. The van der Waals surface area contributed by atoms with E-state index in [1.165, 1.54) is 0 Å². The maximum atomic E-state index is 12.1. The zero-order chi connectivity index (χ0) is 17.6. The van der Waals surface area contributed by atoms with Crippen LogP contribution in [-0.4, -0.2) is 48.0 Å². The van der Waals surface area contributed by atoms with Crippen molar-refractivity contribution >= 4 is 27.5 Å². The highest BCUT2D eigenvalue weighted by Gasteiger charge is 2.43. The molecule has 0 fully saturated rings. The lowest BCUT2D eigenvalue weighted by molar-refractivity contribution is -0.124. The number of carbonyl (C=O) groups excluding carboxylic acids is 1. The van der Waals surface area contributed by atoms with E-state index in [9.17, 15) is 23.1 Å². The van der Waals surface area contributed by atoms with Gasteiger partial charge in [-0.05, 0) is 18.9 Å². The molecule has 0 saturated heterocycles. The van der Waals surface area contributed by atoms with Crippen molar-refractivity contribution in [1.29, 1.82) is 0 Å². The van der Waals surface area contributed by atoms with Crippen LogP contribution in [0.5, 0.6) is 0 Å². The molecule has 0 saturated carbocycles. The van der Waals surface area contributed by atoms with Crippen LogP contribution in [-0.2, 0) is 14.6 Å². The third kappa shape index (κ3) is 2.96. The second-order valence-corrected chi connectivity index (χ2v) is 7.88. The highest BCUT2D eigenvalue weighted by atomic mass is 32.2. The maximum Gasteiger partial charge on any atom is 0.338 e. The molecule has 0 bridgehead atoms. The van der Waals surface area contributed by atoms with E-state index < -0.39 is 21.3 Å². The van der Waals surface area contributed by atoms with Crippen LogP contribution in [0, 0.1) is 5.92 Å². The molecule has 2 N–H and O–H groups in total. The van der Waals surface area contributed by atoms with Gasteiger partial charge in [0, 0.05) is 12.5 Å². The van der Waals surface area contributed by atoms with E-state index in [-0.39, 0.29) is 33.8 Å². The number of carboxylic acids is 1. The van der Waals surface area contributed by atoms with Crippen molar-refractivity contribution in [2.45, 2.75) is 31.2 Å². The first-order chi connectivity index (χ1) is 10.5. The molecule has 0 aliphatic carbocycles. The van der Waals surface area contributed by atoms with Gasteiger partial charge in [0.15, 0.2) is 15.7 Å². The van der Waals surface area contributed by atoms with E-state index in [1.54, 1.807) is 6.92 Å². The summed E-state index contributed by atoms with van der Waals surface area (Å²) in [5.74, 6) is -1.78. The third-order valence-electron chi connectivity index (χ3n) is 3.91. The number of amidine groups is 1. The summed E-state index contributed by atoms with van der Waals surface area (Å²) in [5, 5.41) is 11.9. The van der Waals surface area contributed by atoms with Gasteiger partial charge in [-0.25, -0.2) is 18.2 Å². The van der Waals surface area contributed by atoms with Crippen molar-refractivity contribution in [3.8, 4) is 0 Å². The van der Waals surface area contributed by atoms with Crippen LogP contribution in [0.1, 0.15) is 36.8 Å². The van der Waals surface area contributed by atoms with Gasteiger partial charge in [0.2, 0.25) is 0 Å². The summed E-state index contributed by atoms with van der Waals surface area (Å²) in [6.07, 6.45) is 2.01. The average Bonchev–Trinajstić information content (AvgIpc) is 2.74. The molecule has 2 rings (SSSR count). The molecule has 1 amide bonds. The van der Waals surface area contributed by atoms with E-state index in [0.29, 0.717) is 0 Å². The number of rotatable bonds is 4. The first-order valence-corrected chi connectivity index (χ1v) is 8.71. The lowest BCUT2D eigenvalue weighted by Crippen LogP contribution is -2.41. The number of nitrogens with zero attached hydrogens (tertiary/aromatic N) is 2. The van der Waals surface area contributed by atoms with Crippen LogP contribution in [0.4, 0.5) is 0 Å². The Morgan fingerprint density at radius 3 is 2.43 bits per heavy atom. The molecule has 0 spiro atoms. The van der Waals surface area contributed by atoms with Gasteiger partial charge >= 0.3 is 5.97 Å². The van der Waals surface area contributed by atoms with Gasteiger partial charge in [-0.3, -0.25) is 9.78 Å². The van der Waals surface area contributed by atoms with Crippen LogP contribution in [0.3, 0.4) is 0 Å². The van der Waals surface area contributed by atoms with Gasteiger partial charge in [0.1, 0.15) is 11.2 Å². The van der Waals surface area contributed by atoms with Gasteiger partial charge in [-0.15, -0.1) is 0 Å². The zero-order valence-corrected chi connectivity index (χ0v) is 13.9. The number of pyridine rings is 1. The number of sulfone groups is 1. The molecule has 1 atom stereocenters. The van der Waals surface area contributed by atoms with E-state index in [0.717, 1.165) is 18.5 Å². The number of hydrogen-bond donors (Lipinski definition) is 2. The molecular formula is C14H17N3O5S. The number of aromatic nitrogens is 1. The van der Waals surface area contributed by atoms with Gasteiger partial charge in [-0.2, -0.15) is 0 Å². The molecule has 0 radical (unpaired) electrons. The molecule has 9 heteroatoms. The lowest BCUT2D eigenvalue weighted by atomic mass is 9.89. The standard InChI is InChI=1S/C14H17N3O5S/c1-7(2)14(3)13(20)16-11(17-14)10-9(12(18)19)5-8(6-15-10)23(4,21)22/h5-7H,1-4H3,(H,18,19)(H,16,17,20). The van der Waals surface area contributed by atoms with Gasteiger partial charge in [-0.1, -0.05) is 13.8 Å². The Bertz CT molecular complexity index is 829. The summed E-state index contributed by atoms with van der Waals surface area (Å²) >= 11 is 0. The van der Waals surface area contributed by atoms with Gasteiger partial charge in [0.25, 0.3) is 5.91 Å². The van der Waals surface area contributed by atoms with Crippen LogP contribution < -0.4 is 5.32 Å². The van der Waals surface area contributed by atoms with Crippen LogP contribution >= 0.6 is 0 Å². The van der Waals surface area contributed by atoms with Crippen LogP contribution in [0.2, 0.25) is 0 Å². The number of carbonyl (C=O) groups is 2. The maximum absolute atomic E-state index is 12.1. The molecule has 1 aromatic heterocycles. The fourth-order valence-corrected chi connectivity index (χ4v) is 2.62. The summed E-state index contributed by atoms with van der Waals surface area (Å²) in [6.45, 7) is 5.29. The van der Waals surface area contributed by atoms with Crippen LogP contribution in [0.15, 0.2) is 22.2 Å². The Labute approximate surface area is 133 Å². The molecule has 2 heterocycles. The largest absolute Gasteiger partial charge is 0.478 e. The Balaban J connectivity index is 2.62. The summed E-state index contributed by atoms with van der Waals surface area (Å²) in [5.41, 5.74) is -1.43. The topological polar surface area (TPSA) is 126 Å². The van der Waals surface area contributed by atoms with Crippen molar-refractivity contribution in [2.24, 2.45) is 10.9 Å². The van der Waals surface area contributed by atoms with Crippen molar-refractivity contribution in [3.05, 3.63) is 23.5 Å². The minimum Gasteiger partial charge on any atom is -0.478 e. The van der Waals surface area contributed by atoms with Gasteiger partial charge < -0.3 is 10.4 Å². The smallest absolute Gasteiger partial charge is 0.338 e. The highest BCUT2D eigenvalue weighted by molar-refractivity contribution is 7.90. The van der Waals surface area contributed by atoms with Crippen molar-refractivity contribution in [3.63, 3.8) is 0 Å². The third-order valence-corrected chi connectivity index (χ3v) is 4.98. The van der Waals surface area contributed by atoms with E-state index >= 15 is 0 Å². The first-order valence-electron chi connectivity index (χ1n) is 6.82. The van der Waals surface area contributed by atoms with Gasteiger partial charge in [0.05, 0.1) is 10.5 Å². The molecular weight excluding hydrogens is 322 g/mol. The number of carboxylic acid groups (broad SMARTS) is 1. The minimum atomic E-state index is -3.60. The predicted octanol–water partition coefficient (Wildman–Crippen LogP) is 0.474. The SMILES string of the molecule is CC(C)C1(C)N=C(c2ncc(S(C)(=O)=O)cc2C(=O)O)NC1=O. The minimum absolute atomic E-state index is 0.0312. The zero-order valence-electron chi connectivity index (χ0n) is 13.1. The van der Waals surface area contributed by atoms with Crippen molar-refractivity contribution < 1.29 is 23.1 Å². The fraction of sp³-hybridized carbons (Fsp3) is 0.429. The Morgan fingerprint density at radius 1 is 1.39 bits per heavy atom.